The number of anilines is 1. The minimum absolute atomic E-state index is 0.0255. The van der Waals surface area contributed by atoms with Crippen molar-refractivity contribution in [2.24, 2.45) is 5.92 Å². The van der Waals surface area contributed by atoms with Crippen LogP contribution in [0.5, 0.6) is 11.5 Å². The number of amides is 2. The monoisotopic (exact) mass is 378 g/mol. The number of nitrogens with zero attached hydrogens (tertiary/aromatic N) is 2. The van der Waals surface area contributed by atoms with Gasteiger partial charge in [0.15, 0.2) is 6.04 Å². The van der Waals surface area contributed by atoms with E-state index in [0.717, 1.165) is 0 Å². The van der Waals surface area contributed by atoms with Gasteiger partial charge in [-0.1, -0.05) is 0 Å². The molecule has 2 atom stereocenters. The highest BCUT2D eigenvalue weighted by Gasteiger charge is 2.42. The molecule has 0 bridgehead atoms. The number of morpholine rings is 1. The third-order valence-corrected chi connectivity index (χ3v) is 4.85. The molecule has 0 spiro atoms. The summed E-state index contributed by atoms with van der Waals surface area (Å²) in [5, 5.41) is 9.32. The summed E-state index contributed by atoms with van der Waals surface area (Å²) in [6, 6.07) is 4.06. The minimum Gasteiger partial charge on any atom is -0.497 e. The zero-order valence-electron chi connectivity index (χ0n) is 15.2. The lowest BCUT2D eigenvalue weighted by molar-refractivity contribution is -0.160. The smallest absolute Gasteiger partial charge is 0.328 e. The van der Waals surface area contributed by atoms with Gasteiger partial charge in [0.1, 0.15) is 11.5 Å². The predicted octanol–water partition coefficient (Wildman–Crippen LogP) is 0.369. The molecule has 9 heteroatoms. The van der Waals surface area contributed by atoms with Gasteiger partial charge in [0, 0.05) is 25.6 Å². The summed E-state index contributed by atoms with van der Waals surface area (Å²) < 4.78 is 15.7. The molecule has 1 aromatic rings. The Hall–Kier alpha value is -2.81. The van der Waals surface area contributed by atoms with Gasteiger partial charge < -0.3 is 29.1 Å². The van der Waals surface area contributed by atoms with Crippen molar-refractivity contribution in [3.63, 3.8) is 0 Å². The maximum Gasteiger partial charge on any atom is 0.328 e. The number of carbonyl (C=O) groups is 3. The lowest BCUT2D eigenvalue weighted by Crippen LogP contribution is -2.54. The Morgan fingerprint density at radius 3 is 2.70 bits per heavy atom. The number of carboxylic acids is 1. The number of aliphatic carboxylic acids is 1. The van der Waals surface area contributed by atoms with Crippen molar-refractivity contribution in [1.29, 1.82) is 0 Å². The Morgan fingerprint density at radius 2 is 2.04 bits per heavy atom. The molecule has 2 aliphatic rings. The summed E-state index contributed by atoms with van der Waals surface area (Å²) in [6.45, 7) is 0.611. The highest BCUT2D eigenvalue weighted by atomic mass is 16.5. The Kier molecular flexibility index (Phi) is 5.50. The summed E-state index contributed by atoms with van der Waals surface area (Å²) in [4.78, 5) is 39.6. The zero-order valence-corrected chi connectivity index (χ0v) is 15.2. The van der Waals surface area contributed by atoms with Crippen LogP contribution < -0.4 is 14.4 Å². The van der Waals surface area contributed by atoms with Crippen LogP contribution >= 0.6 is 0 Å². The van der Waals surface area contributed by atoms with Gasteiger partial charge >= 0.3 is 5.97 Å². The molecule has 1 aromatic carbocycles. The maximum atomic E-state index is 12.9. The van der Waals surface area contributed by atoms with Gasteiger partial charge in [-0.25, -0.2) is 4.79 Å². The third-order valence-electron chi connectivity index (χ3n) is 4.85. The lowest BCUT2D eigenvalue weighted by Gasteiger charge is -2.34. The van der Waals surface area contributed by atoms with Crippen LogP contribution in [0, 0.1) is 5.92 Å². The molecule has 2 unspecified atom stereocenters. The van der Waals surface area contributed by atoms with Crippen molar-refractivity contribution in [3.8, 4) is 11.5 Å². The first-order valence-electron chi connectivity index (χ1n) is 8.59. The molecule has 2 saturated heterocycles. The fourth-order valence-electron chi connectivity index (χ4n) is 3.42. The van der Waals surface area contributed by atoms with E-state index in [2.05, 4.69) is 0 Å². The van der Waals surface area contributed by atoms with Crippen LogP contribution in [-0.2, 0) is 19.1 Å². The van der Waals surface area contributed by atoms with Gasteiger partial charge in [0.2, 0.25) is 11.8 Å². The van der Waals surface area contributed by atoms with Crippen molar-refractivity contribution in [1.82, 2.24) is 4.90 Å². The van der Waals surface area contributed by atoms with Crippen molar-refractivity contribution < 1.29 is 33.7 Å². The summed E-state index contributed by atoms with van der Waals surface area (Å²) in [7, 11) is 3.03. The van der Waals surface area contributed by atoms with Crippen LogP contribution in [0.4, 0.5) is 5.69 Å². The maximum absolute atomic E-state index is 12.9. The SMILES string of the molecule is COc1ccc(N2CC(C(=O)N3CCOCC3C(=O)O)CC2=O)c(OC)c1. The van der Waals surface area contributed by atoms with Crippen LogP contribution in [0.25, 0.3) is 0 Å². The molecular formula is C18H22N2O7. The first kappa shape index (κ1) is 19.0. The molecule has 2 fully saturated rings. The van der Waals surface area contributed by atoms with E-state index in [9.17, 15) is 19.5 Å². The predicted molar refractivity (Wildman–Crippen MR) is 94.0 cm³/mol. The second-order valence-corrected chi connectivity index (χ2v) is 6.40. The van der Waals surface area contributed by atoms with E-state index < -0.39 is 17.9 Å². The van der Waals surface area contributed by atoms with E-state index in [0.29, 0.717) is 17.2 Å². The first-order valence-corrected chi connectivity index (χ1v) is 8.59. The largest absolute Gasteiger partial charge is 0.497 e. The molecule has 1 N–H and O–H groups in total. The fraction of sp³-hybridized carbons (Fsp3) is 0.500. The van der Waals surface area contributed by atoms with Gasteiger partial charge in [0.25, 0.3) is 0 Å². The molecule has 2 heterocycles. The first-order chi connectivity index (χ1) is 13.0. The number of carbonyl (C=O) groups excluding carboxylic acids is 2. The molecule has 9 nitrogen and oxygen atoms in total. The zero-order chi connectivity index (χ0) is 19.6. The Morgan fingerprint density at radius 1 is 1.26 bits per heavy atom. The molecule has 146 valence electrons. The number of ether oxygens (including phenoxy) is 3. The Balaban J connectivity index is 1.79. The van der Waals surface area contributed by atoms with Crippen LogP contribution in [0.3, 0.4) is 0 Å². The van der Waals surface area contributed by atoms with E-state index >= 15 is 0 Å². The van der Waals surface area contributed by atoms with Gasteiger partial charge in [-0.05, 0) is 12.1 Å². The molecule has 0 radical (unpaired) electrons. The summed E-state index contributed by atoms with van der Waals surface area (Å²) in [5.41, 5.74) is 0.551. The second kappa shape index (κ2) is 7.83. The van der Waals surface area contributed by atoms with E-state index in [1.807, 2.05) is 0 Å². The van der Waals surface area contributed by atoms with E-state index in [4.69, 9.17) is 14.2 Å². The summed E-state index contributed by atoms with van der Waals surface area (Å²) in [5.74, 6) is -1.21. The number of benzene rings is 1. The quantitative estimate of drug-likeness (QED) is 0.789. The van der Waals surface area contributed by atoms with Gasteiger partial charge in [-0.2, -0.15) is 0 Å². The van der Waals surface area contributed by atoms with Crippen molar-refractivity contribution in [3.05, 3.63) is 18.2 Å². The highest BCUT2D eigenvalue weighted by molar-refractivity contribution is 6.01. The molecule has 3 rings (SSSR count). The number of hydrogen-bond acceptors (Lipinski definition) is 6. The van der Waals surface area contributed by atoms with Crippen LogP contribution in [-0.4, -0.2) is 74.4 Å². The van der Waals surface area contributed by atoms with Gasteiger partial charge in [0.05, 0.1) is 39.0 Å². The highest BCUT2D eigenvalue weighted by Crippen LogP contribution is 2.36. The number of rotatable bonds is 5. The average Bonchev–Trinajstić information content (AvgIpc) is 3.08. The van der Waals surface area contributed by atoms with E-state index in [1.165, 1.54) is 24.0 Å². The molecular weight excluding hydrogens is 356 g/mol. The normalized spacial score (nSPS) is 22.7. The third kappa shape index (κ3) is 3.68. The average molecular weight is 378 g/mol. The molecule has 0 saturated carbocycles. The van der Waals surface area contributed by atoms with Crippen LogP contribution in [0.2, 0.25) is 0 Å². The van der Waals surface area contributed by atoms with Gasteiger partial charge in [-0.15, -0.1) is 0 Å². The molecule has 2 amide bonds. The van der Waals surface area contributed by atoms with Crippen LogP contribution in [0.15, 0.2) is 18.2 Å². The molecule has 2 aliphatic heterocycles. The van der Waals surface area contributed by atoms with Crippen molar-refractivity contribution in [2.75, 3.05) is 45.4 Å². The Labute approximate surface area is 156 Å². The Bertz CT molecular complexity index is 751. The molecule has 0 aliphatic carbocycles. The summed E-state index contributed by atoms with van der Waals surface area (Å²) >= 11 is 0. The van der Waals surface area contributed by atoms with Crippen molar-refractivity contribution >= 4 is 23.5 Å². The topological polar surface area (TPSA) is 106 Å². The minimum atomic E-state index is -1.11. The number of hydrogen-bond donors (Lipinski definition) is 1. The van der Waals surface area contributed by atoms with E-state index in [1.54, 1.807) is 18.2 Å². The number of carboxylic acid groups (broad SMARTS) is 1. The van der Waals surface area contributed by atoms with Crippen LogP contribution in [0.1, 0.15) is 6.42 Å². The fourth-order valence-corrected chi connectivity index (χ4v) is 3.42. The van der Waals surface area contributed by atoms with Gasteiger partial charge in [-0.3, -0.25) is 9.59 Å². The molecule has 0 aromatic heterocycles. The lowest BCUT2D eigenvalue weighted by atomic mass is 10.1. The second-order valence-electron chi connectivity index (χ2n) is 6.40. The molecule has 27 heavy (non-hydrogen) atoms. The van der Waals surface area contributed by atoms with Crippen molar-refractivity contribution in [2.45, 2.75) is 12.5 Å². The number of methoxy groups -OCH3 is 2. The van der Waals surface area contributed by atoms with E-state index in [-0.39, 0.29) is 44.5 Å². The summed E-state index contributed by atoms with van der Waals surface area (Å²) in [6.07, 6.45) is 0.0255. The standard InChI is InChI=1S/C18H22N2O7/c1-25-12-3-4-13(15(8-12)26-2)20-9-11(7-16(20)21)17(22)19-5-6-27-10-14(19)18(23)24/h3-4,8,11,14H,5-7,9-10H2,1-2H3,(H,23,24).